The van der Waals surface area contributed by atoms with Gasteiger partial charge in [-0.3, -0.25) is 9.89 Å². The van der Waals surface area contributed by atoms with Crippen molar-refractivity contribution in [1.82, 2.24) is 10.2 Å². The number of nitrogens with one attached hydrogen (secondary N) is 2. The van der Waals surface area contributed by atoms with Crippen LogP contribution in [-0.4, -0.2) is 27.4 Å². The van der Waals surface area contributed by atoms with Gasteiger partial charge in [-0.05, 0) is 54.1 Å². The number of nitrogens with zero attached hydrogens (tertiary/aromatic N) is 2. The summed E-state index contributed by atoms with van der Waals surface area (Å²) in [6.07, 6.45) is 1.52. The van der Waals surface area contributed by atoms with Crippen molar-refractivity contribution in [2.24, 2.45) is 10.7 Å². The Morgan fingerprint density at radius 2 is 1.88 bits per heavy atom. The lowest BCUT2D eigenvalue weighted by Crippen LogP contribution is -2.12. The van der Waals surface area contributed by atoms with Crippen LogP contribution in [0.5, 0.6) is 5.75 Å². The van der Waals surface area contributed by atoms with E-state index in [4.69, 9.17) is 17.3 Å². The zero-order valence-electron chi connectivity index (χ0n) is 12.9. The van der Waals surface area contributed by atoms with Crippen LogP contribution in [0, 0.1) is 0 Å². The molecule has 0 atom stereocenters. The molecule has 2 aromatic carbocycles. The molecule has 0 bridgehead atoms. The Labute approximate surface area is 148 Å². The van der Waals surface area contributed by atoms with E-state index in [1.54, 1.807) is 36.4 Å². The monoisotopic (exact) mass is 355 g/mol. The third-order valence-corrected chi connectivity index (χ3v) is 3.59. The summed E-state index contributed by atoms with van der Waals surface area (Å²) < 4.78 is 0. The Morgan fingerprint density at radius 3 is 2.52 bits per heavy atom. The molecule has 0 spiro atoms. The molecule has 3 rings (SSSR count). The molecule has 1 aromatic heterocycles. The Morgan fingerprint density at radius 1 is 1.20 bits per heavy atom. The fourth-order valence-electron chi connectivity index (χ4n) is 2.12. The van der Waals surface area contributed by atoms with Gasteiger partial charge in [0.1, 0.15) is 17.1 Å². The van der Waals surface area contributed by atoms with Crippen LogP contribution in [0.4, 0.5) is 17.3 Å². The van der Waals surface area contributed by atoms with Gasteiger partial charge >= 0.3 is 0 Å². The lowest BCUT2D eigenvalue weighted by atomic mass is 10.2. The van der Waals surface area contributed by atoms with Gasteiger partial charge in [-0.1, -0.05) is 11.6 Å². The first kappa shape index (κ1) is 16.5. The van der Waals surface area contributed by atoms with Crippen molar-refractivity contribution in [2.45, 2.75) is 0 Å². The summed E-state index contributed by atoms with van der Waals surface area (Å²) >= 11 is 5.85. The topological polar surface area (TPSA) is 116 Å². The van der Waals surface area contributed by atoms with Crippen LogP contribution >= 0.6 is 11.6 Å². The van der Waals surface area contributed by atoms with E-state index < -0.39 is 5.91 Å². The minimum atomic E-state index is -0.664. The number of phenols is 1. The number of hydrogen-bond donors (Lipinski definition) is 4. The van der Waals surface area contributed by atoms with Crippen LogP contribution in [0.1, 0.15) is 15.9 Å². The van der Waals surface area contributed by atoms with Crippen molar-refractivity contribution < 1.29 is 9.90 Å². The lowest BCUT2D eigenvalue weighted by Gasteiger charge is -2.05. The average molecular weight is 356 g/mol. The molecule has 0 saturated heterocycles. The largest absolute Gasteiger partial charge is 0.508 e. The maximum Gasteiger partial charge on any atom is 0.256 e. The summed E-state index contributed by atoms with van der Waals surface area (Å²) in [5.74, 6) is -0.00279. The number of anilines is 2. The average Bonchev–Trinajstić information content (AvgIpc) is 2.99. The normalized spacial score (nSPS) is 10.9. The molecule has 0 radical (unpaired) electrons. The van der Waals surface area contributed by atoms with Crippen LogP contribution < -0.4 is 11.1 Å². The third-order valence-electron chi connectivity index (χ3n) is 3.34. The van der Waals surface area contributed by atoms with E-state index in [1.165, 1.54) is 18.3 Å². The van der Waals surface area contributed by atoms with Crippen LogP contribution in [-0.2, 0) is 0 Å². The van der Waals surface area contributed by atoms with Crippen molar-refractivity contribution in [1.29, 1.82) is 0 Å². The summed E-state index contributed by atoms with van der Waals surface area (Å²) in [5, 5.41) is 19.6. The van der Waals surface area contributed by atoms with Crippen LogP contribution in [0.25, 0.3) is 0 Å². The second kappa shape index (κ2) is 7.06. The minimum Gasteiger partial charge on any atom is -0.508 e. The van der Waals surface area contributed by atoms with Crippen LogP contribution in [0.3, 0.4) is 0 Å². The van der Waals surface area contributed by atoms with E-state index in [1.807, 2.05) is 0 Å². The predicted octanol–water partition coefficient (Wildman–Crippen LogP) is 3.36. The molecule has 25 heavy (non-hydrogen) atoms. The number of carbonyl (C=O) groups is 1. The molecule has 0 aliphatic rings. The van der Waals surface area contributed by atoms with Gasteiger partial charge in [0.2, 0.25) is 0 Å². The van der Waals surface area contributed by atoms with Gasteiger partial charge < -0.3 is 16.2 Å². The van der Waals surface area contributed by atoms with Gasteiger partial charge in [0.05, 0.1) is 0 Å². The number of carbonyl (C=O) groups excluding carboxylic acids is 1. The number of benzene rings is 2. The molecular formula is C17H14ClN5O2. The molecule has 126 valence electrons. The zero-order chi connectivity index (χ0) is 17.8. The van der Waals surface area contributed by atoms with E-state index in [9.17, 15) is 9.90 Å². The molecule has 1 heterocycles. The molecule has 0 aliphatic heterocycles. The summed E-state index contributed by atoms with van der Waals surface area (Å²) in [6, 6.07) is 13.4. The van der Waals surface area contributed by atoms with Gasteiger partial charge in [0, 0.05) is 16.9 Å². The highest BCUT2D eigenvalue weighted by Gasteiger charge is 2.18. The quantitative estimate of drug-likeness (QED) is 0.525. The SMILES string of the molecule is NC(=O)c1c(N=Cc2ccc(O)cc2)n[nH]c1Nc1ccc(Cl)cc1. The summed E-state index contributed by atoms with van der Waals surface area (Å²) in [4.78, 5) is 16.0. The van der Waals surface area contributed by atoms with E-state index in [-0.39, 0.29) is 17.1 Å². The molecule has 0 unspecified atom stereocenters. The number of nitrogens with two attached hydrogens (primary N) is 1. The van der Waals surface area contributed by atoms with E-state index >= 15 is 0 Å². The highest BCUT2D eigenvalue weighted by atomic mass is 35.5. The number of aromatic nitrogens is 2. The number of aliphatic imine (C=N–C) groups is 1. The molecule has 3 aromatic rings. The fraction of sp³-hybridized carbons (Fsp3) is 0. The number of hydrogen-bond acceptors (Lipinski definition) is 5. The first-order valence-electron chi connectivity index (χ1n) is 7.27. The molecule has 8 heteroatoms. The van der Waals surface area contributed by atoms with E-state index in [0.29, 0.717) is 16.5 Å². The Balaban J connectivity index is 1.87. The zero-order valence-corrected chi connectivity index (χ0v) is 13.7. The molecule has 0 fully saturated rings. The van der Waals surface area contributed by atoms with Crippen molar-refractivity contribution in [3.8, 4) is 5.75 Å². The molecule has 7 nitrogen and oxygen atoms in total. The van der Waals surface area contributed by atoms with Crippen molar-refractivity contribution in [3.63, 3.8) is 0 Å². The Hall–Kier alpha value is -3.32. The molecule has 5 N–H and O–H groups in total. The molecule has 0 aliphatic carbocycles. The summed E-state index contributed by atoms with van der Waals surface area (Å²) in [5.41, 5.74) is 7.05. The summed E-state index contributed by atoms with van der Waals surface area (Å²) in [6.45, 7) is 0. The first-order chi connectivity index (χ1) is 12.0. The number of amides is 1. The molecular weight excluding hydrogens is 342 g/mol. The van der Waals surface area contributed by atoms with Crippen molar-refractivity contribution >= 4 is 41.0 Å². The standard InChI is InChI=1S/C17H14ClN5O2/c18-11-3-5-12(6-4-11)21-17-14(15(19)25)16(22-23-17)20-9-10-1-7-13(24)8-2-10/h1-9,24H,(H2,19,25)(H2,21,22,23). The highest BCUT2D eigenvalue weighted by molar-refractivity contribution is 6.30. The van der Waals surface area contributed by atoms with Gasteiger partial charge in [-0.15, -0.1) is 0 Å². The number of aromatic hydroxyl groups is 1. The maximum atomic E-state index is 11.8. The molecule has 0 saturated carbocycles. The molecule has 1 amide bonds. The van der Waals surface area contributed by atoms with E-state index in [0.717, 1.165) is 5.56 Å². The first-order valence-corrected chi connectivity index (χ1v) is 7.64. The van der Waals surface area contributed by atoms with Crippen molar-refractivity contribution in [3.05, 3.63) is 64.7 Å². The number of H-pyrrole nitrogens is 1. The predicted molar refractivity (Wildman–Crippen MR) is 97.2 cm³/mol. The fourth-order valence-corrected chi connectivity index (χ4v) is 2.25. The summed E-state index contributed by atoms with van der Waals surface area (Å²) in [7, 11) is 0. The van der Waals surface area contributed by atoms with Gasteiger partial charge in [-0.2, -0.15) is 5.10 Å². The Kier molecular flexibility index (Phi) is 4.67. The number of aromatic amines is 1. The van der Waals surface area contributed by atoms with Gasteiger partial charge in [0.25, 0.3) is 5.91 Å². The smallest absolute Gasteiger partial charge is 0.256 e. The Bertz CT molecular complexity index is 917. The minimum absolute atomic E-state index is 0.143. The van der Waals surface area contributed by atoms with Gasteiger partial charge in [-0.25, -0.2) is 4.99 Å². The maximum absolute atomic E-state index is 11.8. The lowest BCUT2D eigenvalue weighted by molar-refractivity contribution is 0.100. The van der Waals surface area contributed by atoms with Crippen LogP contribution in [0.2, 0.25) is 5.02 Å². The second-order valence-corrected chi connectivity index (χ2v) is 5.58. The van der Waals surface area contributed by atoms with Crippen molar-refractivity contribution in [2.75, 3.05) is 5.32 Å². The third kappa shape index (κ3) is 3.96. The van der Waals surface area contributed by atoms with Gasteiger partial charge in [0.15, 0.2) is 5.82 Å². The number of primary amides is 1. The number of phenolic OH excluding ortho intramolecular Hbond substituents is 1. The van der Waals surface area contributed by atoms with Crippen LogP contribution in [0.15, 0.2) is 53.5 Å². The van der Waals surface area contributed by atoms with E-state index in [2.05, 4.69) is 20.5 Å². The highest BCUT2D eigenvalue weighted by Crippen LogP contribution is 2.26. The second-order valence-electron chi connectivity index (χ2n) is 5.14. The number of halogens is 1. The number of rotatable bonds is 5.